The van der Waals surface area contributed by atoms with Gasteiger partial charge in [0.1, 0.15) is 11.4 Å². The minimum absolute atomic E-state index is 0.0701. The molecule has 6 nitrogen and oxygen atoms in total. The summed E-state index contributed by atoms with van der Waals surface area (Å²) < 4.78 is 13.1. The van der Waals surface area contributed by atoms with Crippen LogP contribution >= 0.6 is 0 Å². The van der Waals surface area contributed by atoms with Crippen molar-refractivity contribution in [3.63, 3.8) is 0 Å². The largest absolute Gasteiger partial charge is 0.325 e. The number of halogens is 1. The highest BCUT2D eigenvalue weighted by Gasteiger charge is 2.53. The second-order valence-electron chi connectivity index (χ2n) is 7.19. The highest BCUT2D eigenvalue weighted by Crippen LogP contribution is 2.36. The van der Waals surface area contributed by atoms with Crippen molar-refractivity contribution in [1.29, 1.82) is 0 Å². The van der Waals surface area contributed by atoms with E-state index in [0.717, 1.165) is 12.8 Å². The fourth-order valence-corrected chi connectivity index (χ4v) is 4.19. The summed E-state index contributed by atoms with van der Waals surface area (Å²) >= 11 is 0. The van der Waals surface area contributed by atoms with Gasteiger partial charge in [-0.2, -0.15) is 0 Å². The number of rotatable bonds is 3. The first-order chi connectivity index (χ1) is 12.0. The zero-order valence-electron chi connectivity index (χ0n) is 13.8. The minimum Gasteiger partial charge on any atom is -0.323 e. The summed E-state index contributed by atoms with van der Waals surface area (Å²) in [6.45, 7) is 0.671. The van der Waals surface area contributed by atoms with Crippen molar-refractivity contribution in [3.8, 4) is 0 Å². The van der Waals surface area contributed by atoms with Gasteiger partial charge >= 0.3 is 6.03 Å². The van der Waals surface area contributed by atoms with E-state index in [2.05, 4.69) is 5.32 Å². The molecular formula is C18H20FN3O3. The monoisotopic (exact) mass is 345 g/mol. The average molecular weight is 345 g/mol. The standard InChI is InChI=1S/C18H20FN3O3/c19-13-3-5-14(6-4-13)21-10-12(9-15(21)23)11-22-16(24)18(20-17(22)25)7-1-2-8-18/h3-6,12H,1-2,7-11H2,(H,20,25). The number of carbonyl (C=O) groups excluding carboxylic acids is 3. The second kappa shape index (κ2) is 5.82. The third-order valence-electron chi connectivity index (χ3n) is 5.49. The van der Waals surface area contributed by atoms with E-state index in [0.29, 0.717) is 25.1 Å². The minimum atomic E-state index is -0.712. The van der Waals surface area contributed by atoms with Gasteiger partial charge in [0, 0.05) is 31.1 Å². The highest BCUT2D eigenvalue weighted by atomic mass is 19.1. The Hall–Kier alpha value is -2.44. The Morgan fingerprint density at radius 1 is 1.12 bits per heavy atom. The smallest absolute Gasteiger partial charge is 0.323 e. The first-order valence-corrected chi connectivity index (χ1v) is 8.69. The zero-order chi connectivity index (χ0) is 17.6. The van der Waals surface area contributed by atoms with Crippen molar-refractivity contribution in [2.75, 3.05) is 18.0 Å². The number of amides is 4. The van der Waals surface area contributed by atoms with E-state index in [1.54, 1.807) is 17.0 Å². The van der Waals surface area contributed by atoms with Gasteiger partial charge in [-0.25, -0.2) is 9.18 Å². The Labute approximate surface area is 145 Å². The van der Waals surface area contributed by atoms with Gasteiger partial charge in [-0.15, -0.1) is 0 Å². The third kappa shape index (κ3) is 2.67. The number of urea groups is 1. The second-order valence-corrected chi connectivity index (χ2v) is 7.19. The molecule has 1 unspecified atom stereocenters. The fraction of sp³-hybridized carbons (Fsp3) is 0.500. The number of anilines is 1. The van der Waals surface area contributed by atoms with Gasteiger partial charge in [-0.05, 0) is 37.1 Å². The molecule has 2 heterocycles. The molecule has 1 atom stereocenters. The summed E-state index contributed by atoms with van der Waals surface area (Å²) in [5.41, 5.74) is -0.0746. The summed E-state index contributed by atoms with van der Waals surface area (Å²) in [6.07, 6.45) is 3.56. The van der Waals surface area contributed by atoms with Gasteiger partial charge in [-0.3, -0.25) is 14.5 Å². The molecule has 1 aromatic rings. The summed E-state index contributed by atoms with van der Waals surface area (Å²) in [5.74, 6) is -0.682. The van der Waals surface area contributed by atoms with E-state index in [-0.39, 0.29) is 42.5 Å². The fourth-order valence-electron chi connectivity index (χ4n) is 4.19. The molecule has 2 saturated heterocycles. The van der Waals surface area contributed by atoms with E-state index >= 15 is 0 Å². The molecule has 3 fully saturated rings. The average Bonchev–Trinajstić information content (AvgIpc) is 3.25. The van der Waals surface area contributed by atoms with E-state index in [9.17, 15) is 18.8 Å². The van der Waals surface area contributed by atoms with Crippen molar-refractivity contribution in [2.45, 2.75) is 37.6 Å². The molecule has 4 amide bonds. The number of imide groups is 1. The lowest BCUT2D eigenvalue weighted by Gasteiger charge is -2.22. The predicted molar refractivity (Wildman–Crippen MR) is 88.3 cm³/mol. The first-order valence-electron chi connectivity index (χ1n) is 8.69. The molecule has 132 valence electrons. The topological polar surface area (TPSA) is 69.7 Å². The van der Waals surface area contributed by atoms with Gasteiger partial charge in [0.05, 0.1) is 0 Å². The summed E-state index contributed by atoms with van der Waals surface area (Å²) in [4.78, 5) is 40.1. The van der Waals surface area contributed by atoms with Crippen LogP contribution in [0.5, 0.6) is 0 Å². The van der Waals surface area contributed by atoms with Crippen LogP contribution in [0.15, 0.2) is 24.3 Å². The molecule has 0 aromatic heterocycles. The molecular weight excluding hydrogens is 325 g/mol. The van der Waals surface area contributed by atoms with Gasteiger partial charge in [0.25, 0.3) is 5.91 Å². The highest BCUT2D eigenvalue weighted by molar-refractivity contribution is 6.07. The molecule has 7 heteroatoms. The van der Waals surface area contributed by atoms with Crippen molar-refractivity contribution < 1.29 is 18.8 Å². The molecule has 4 rings (SSSR count). The third-order valence-corrected chi connectivity index (χ3v) is 5.49. The molecule has 1 N–H and O–H groups in total. The zero-order valence-corrected chi connectivity index (χ0v) is 13.8. The Morgan fingerprint density at radius 2 is 1.80 bits per heavy atom. The number of nitrogens with zero attached hydrogens (tertiary/aromatic N) is 2. The van der Waals surface area contributed by atoms with Crippen LogP contribution in [0.2, 0.25) is 0 Å². The molecule has 2 aliphatic heterocycles. The molecule has 1 saturated carbocycles. The van der Waals surface area contributed by atoms with E-state index < -0.39 is 5.54 Å². The Morgan fingerprint density at radius 3 is 2.48 bits per heavy atom. The van der Waals surface area contributed by atoms with Crippen molar-refractivity contribution in [3.05, 3.63) is 30.1 Å². The summed E-state index contributed by atoms with van der Waals surface area (Å²) in [6, 6.07) is 5.42. The van der Waals surface area contributed by atoms with Crippen LogP contribution in [-0.2, 0) is 9.59 Å². The van der Waals surface area contributed by atoms with Gasteiger partial charge < -0.3 is 10.2 Å². The lowest BCUT2D eigenvalue weighted by Crippen LogP contribution is -2.44. The molecule has 1 spiro atoms. The summed E-state index contributed by atoms with van der Waals surface area (Å²) in [5, 5.41) is 2.86. The van der Waals surface area contributed by atoms with Crippen LogP contribution in [0.25, 0.3) is 0 Å². The number of hydrogen-bond donors (Lipinski definition) is 1. The number of carbonyl (C=O) groups is 3. The Kier molecular flexibility index (Phi) is 3.74. The maximum Gasteiger partial charge on any atom is 0.325 e. The molecule has 0 radical (unpaired) electrons. The lowest BCUT2D eigenvalue weighted by molar-refractivity contribution is -0.131. The molecule has 0 bridgehead atoms. The van der Waals surface area contributed by atoms with Crippen LogP contribution < -0.4 is 10.2 Å². The van der Waals surface area contributed by atoms with Crippen molar-refractivity contribution in [2.24, 2.45) is 5.92 Å². The molecule has 3 aliphatic rings. The lowest BCUT2D eigenvalue weighted by atomic mass is 9.97. The number of hydrogen-bond acceptors (Lipinski definition) is 3. The maximum atomic E-state index is 13.1. The summed E-state index contributed by atoms with van der Waals surface area (Å²) in [7, 11) is 0. The SMILES string of the molecule is O=C1NC2(CCCC2)C(=O)N1CC1CC(=O)N(c2ccc(F)cc2)C1. The first kappa shape index (κ1) is 16.1. The number of benzene rings is 1. The normalized spacial score (nSPS) is 25.3. The van der Waals surface area contributed by atoms with Crippen LogP contribution in [0, 0.1) is 11.7 Å². The predicted octanol–water partition coefficient (Wildman–Crippen LogP) is 2.04. The van der Waals surface area contributed by atoms with E-state index in [1.807, 2.05) is 0 Å². The van der Waals surface area contributed by atoms with Crippen LogP contribution in [0.1, 0.15) is 32.1 Å². The molecule has 25 heavy (non-hydrogen) atoms. The molecule has 1 aliphatic carbocycles. The number of nitrogens with one attached hydrogen (secondary N) is 1. The van der Waals surface area contributed by atoms with Crippen molar-refractivity contribution >= 4 is 23.5 Å². The van der Waals surface area contributed by atoms with Crippen LogP contribution in [-0.4, -0.2) is 41.4 Å². The van der Waals surface area contributed by atoms with Crippen LogP contribution in [0.4, 0.5) is 14.9 Å². The van der Waals surface area contributed by atoms with Gasteiger partial charge in [0.15, 0.2) is 0 Å². The van der Waals surface area contributed by atoms with Gasteiger partial charge in [0.2, 0.25) is 5.91 Å². The van der Waals surface area contributed by atoms with Crippen molar-refractivity contribution in [1.82, 2.24) is 10.2 Å². The van der Waals surface area contributed by atoms with E-state index in [1.165, 1.54) is 17.0 Å². The van der Waals surface area contributed by atoms with E-state index in [4.69, 9.17) is 0 Å². The quantitative estimate of drug-likeness (QED) is 0.853. The Bertz CT molecular complexity index is 728. The van der Waals surface area contributed by atoms with Crippen LogP contribution in [0.3, 0.4) is 0 Å². The van der Waals surface area contributed by atoms with Gasteiger partial charge in [-0.1, -0.05) is 12.8 Å². The Balaban J connectivity index is 1.45. The maximum absolute atomic E-state index is 13.1. The molecule has 1 aromatic carbocycles.